The highest BCUT2D eigenvalue weighted by Gasteiger charge is 2.31. The summed E-state index contributed by atoms with van der Waals surface area (Å²) in [5, 5.41) is 3.27. The quantitative estimate of drug-likeness (QED) is 0.773. The predicted octanol–water partition coefficient (Wildman–Crippen LogP) is 2.61. The van der Waals surface area contributed by atoms with Crippen molar-refractivity contribution in [3.8, 4) is 0 Å². The number of carbonyl (C=O) groups is 1. The summed E-state index contributed by atoms with van der Waals surface area (Å²) in [5.74, 6) is 0.918. The Morgan fingerprint density at radius 1 is 0.900 bits per heavy atom. The molecule has 2 aliphatic heterocycles. The second-order valence-electron chi connectivity index (χ2n) is 9.12. The number of piperidine rings is 1. The summed E-state index contributed by atoms with van der Waals surface area (Å²) < 4.78 is 25.9. The third kappa shape index (κ3) is 5.24. The second kappa shape index (κ2) is 9.79. The Morgan fingerprint density at radius 3 is 2.17 bits per heavy atom. The molecule has 0 aromatic heterocycles. The van der Waals surface area contributed by atoms with E-state index in [0.717, 1.165) is 39.0 Å². The maximum Gasteiger partial charge on any atom is 0.225 e. The van der Waals surface area contributed by atoms with E-state index in [9.17, 15) is 13.2 Å². The number of piperazine rings is 1. The SMILES string of the molecule is O=C(C1CCN(CS(=O)(=O)c2ccc(C3CCCCC3)cc2)CC1)N1CCNCC1. The lowest BCUT2D eigenvalue weighted by atomic mass is 9.84. The molecule has 0 radical (unpaired) electrons. The Labute approximate surface area is 180 Å². The highest BCUT2D eigenvalue weighted by molar-refractivity contribution is 7.91. The lowest BCUT2D eigenvalue weighted by Crippen LogP contribution is -2.50. The number of likely N-dealkylation sites (tertiary alicyclic amines) is 1. The van der Waals surface area contributed by atoms with Crippen molar-refractivity contribution in [2.24, 2.45) is 5.92 Å². The van der Waals surface area contributed by atoms with Crippen LogP contribution in [0.5, 0.6) is 0 Å². The minimum Gasteiger partial charge on any atom is -0.340 e. The number of benzene rings is 1. The van der Waals surface area contributed by atoms with Gasteiger partial charge in [-0.05, 0) is 62.4 Å². The maximum absolute atomic E-state index is 12.9. The van der Waals surface area contributed by atoms with Gasteiger partial charge in [0.15, 0.2) is 9.84 Å². The number of rotatable bonds is 5. The molecule has 30 heavy (non-hydrogen) atoms. The molecule has 1 aliphatic carbocycles. The monoisotopic (exact) mass is 433 g/mol. The molecule has 6 nitrogen and oxygen atoms in total. The van der Waals surface area contributed by atoms with E-state index in [-0.39, 0.29) is 17.7 Å². The van der Waals surface area contributed by atoms with Crippen LogP contribution < -0.4 is 5.32 Å². The fourth-order valence-corrected chi connectivity index (χ4v) is 6.59. The molecule has 7 heteroatoms. The normalized spacial score (nSPS) is 22.9. The van der Waals surface area contributed by atoms with E-state index in [1.807, 2.05) is 21.9 Å². The molecule has 0 bridgehead atoms. The van der Waals surface area contributed by atoms with Gasteiger partial charge in [0.25, 0.3) is 0 Å². The summed E-state index contributed by atoms with van der Waals surface area (Å²) in [5.41, 5.74) is 1.28. The van der Waals surface area contributed by atoms with Crippen LogP contribution in [0.15, 0.2) is 29.2 Å². The lowest BCUT2D eigenvalue weighted by Gasteiger charge is -2.35. The fourth-order valence-electron chi connectivity index (χ4n) is 5.15. The number of hydrogen-bond donors (Lipinski definition) is 1. The first-order chi connectivity index (χ1) is 14.5. The molecule has 1 saturated carbocycles. The van der Waals surface area contributed by atoms with Crippen molar-refractivity contribution in [3.05, 3.63) is 29.8 Å². The summed E-state index contributed by atoms with van der Waals surface area (Å²) >= 11 is 0. The molecule has 0 atom stereocenters. The van der Waals surface area contributed by atoms with Crippen LogP contribution in [0.3, 0.4) is 0 Å². The third-order valence-corrected chi connectivity index (χ3v) is 8.73. The Balaban J connectivity index is 1.30. The molecule has 3 aliphatic rings. The van der Waals surface area contributed by atoms with Crippen LogP contribution in [-0.4, -0.2) is 69.3 Å². The summed E-state index contributed by atoms with van der Waals surface area (Å²) in [4.78, 5) is 17.1. The van der Waals surface area contributed by atoms with Gasteiger partial charge in [0.05, 0.1) is 4.90 Å². The largest absolute Gasteiger partial charge is 0.340 e. The lowest BCUT2D eigenvalue weighted by molar-refractivity contribution is -0.137. The maximum atomic E-state index is 12.9. The number of nitrogens with zero attached hydrogens (tertiary/aromatic N) is 2. The first kappa shape index (κ1) is 21.8. The van der Waals surface area contributed by atoms with Crippen molar-refractivity contribution in [2.75, 3.05) is 45.1 Å². The van der Waals surface area contributed by atoms with E-state index >= 15 is 0 Å². The van der Waals surface area contributed by atoms with E-state index in [4.69, 9.17) is 0 Å². The summed E-state index contributed by atoms with van der Waals surface area (Å²) in [6.45, 7) is 4.63. The van der Waals surface area contributed by atoms with Crippen molar-refractivity contribution in [3.63, 3.8) is 0 Å². The van der Waals surface area contributed by atoms with Crippen LogP contribution in [0, 0.1) is 5.92 Å². The van der Waals surface area contributed by atoms with Crippen LogP contribution in [0.2, 0.25) is 0 Å². The zero-order valence-corrected chi connectivity index (χ0v) is 18.7. The minimum atomic E-state index is -3.34. The molecule has 1 aromatic rings. The highest BCUT2D eigenvalue weighted by Crippen LogP contribution is 2.33. The molecule has 1 amide bonds. The van der Waals surface area contributed by atoms with E-state index < -0.39 is 9.84 Å². The van der Waals surface area contributed by atoms with Gasteiger partial charge in [-0.2, -0.15) is 0 Å². The number of hydrogen-bond acceptors (Lipinski definition) is 5. The summed E-state index contributed by atoms with van der Waals surface area (Å²) in [6.07, 6.45) is 7.80. The zero-order chi connectivity index (χ0) is 21.0. The first-order valence-electron chi connectivity index (χ1n) is 11.6. The van der Waals surface area contributed by atoms with Gasteiger partial charge in [-0.15, -0.1) is 0 Å². The van der Waals surface area contributed by atoms with Gasteiger partial charge in [-0.25, -0.2) is 8.42 Å². The van der Waals surface area contributed by atoms with E-state index in [1.165, 1.54) is 37.7 Å². The fraction of sp³-hybridized carbons (Fsp3) is 0.696. The van der Waals surface area contributed by atoms with Gasteiger partial charge in [-0.1, -0.05) is 31.4 Å². The van der Waals surface area contributed by atoms with Crippen LogP contribution in [0.1, 0.15) is 56.4 Å². The van der Waals surface area contributed by atoms with Gasteiger partial charge in [0.2, 0.25) is 5.91 Å². The van der Waals surface area contributed by atoms with Crippen LogP contribution in [-0.2, 0) is 14.6 Å². The van der Waals surface area contributed by atoms with Crippen LogP contribution in [0.4, 0.5) is 0 Å². The molecule has 1 aromatic carbocycles. The van der Waals surface area contributed by atoms with Crippen molar-refractivity contribution in [1.29, 1.82) is 0 Å². The third-order valence-electron chi connectivity index (χ3n) is 7.03. The van der Waals surface area contributed by atoms with Gasteiger partial charge < -0.3 is 10.2 Å². The molecule has 3 fully saturated rings. The van der Waals surface area contributed by atoms with E-state index in [2.05, 4.69) is 5.32 Å². The minimum absolute atomic E-state index is 0.0387. The first-order valence-corrected chi connectivity index (χ1v) is 13.2. The Hall–Kier alpha value is -1.44. The molecular weight excluding hydrogens is 398 g/mol. The molecular formula is C23H35N3O3S. The summed E-state index contributed by atoms with van der Waals surface area (Å²) in [7, 11) is -3.34. The molecule has 0 unspecified atom stereocenters. The van der Waals surface area contributed by atoms with Gasteiger partial charge in [0, 0.05) is 32.1 Å². The number of amides is 1. The number of carbonyl (C=O) groups excluding carboxylic acids is 1. The van der Waals surface area contributed by atoms with Gasteiger partial charge in [-0.3, -0.25) is 9.69 Å². The van der Waals surface area contributed by atoms with Crippen molar-refractivity contribution in [2.45, 2.75) is 55.8 Å². The standard InChI is InChI=1S/C23H35N3O3S/c27-23(26-16-12-24-13-17-26)21-10-14-25(15-11-21)18-30(28,29)22-8-6-20(7-9-22)19-4-2-1-3-5-19/h6-9,19,21,24H,1-5,10-18H2. The average Bonchev–Trinajstić information content (AvgIpc) is 2.80. The topological polar surface area (TPSA) is 69.7 Å². The van der Waals surface area contributed by atoms with Crippen molar-refractivity contribution >= 4 is 15.7 Å². The molecule has 2 heterocycles. The van der Waals surface area contributed by atoms with Gasteiger partial charge >= 0.3 is 0 Å². The van der Waals surface area contributed by atoms with Crippen molar-refractivity contribution in [1.82, 2.24) is 15.1 Å². The Morgan fingerprint density at radius 2 is 1.53 bits per heavy atom. The van der Waals surface area contributed by atoms with Gasteiger partial charge in [0.1, 0.15) is 5.88 Å². The molecule has 1 N–H and O–H groups in total. The van der Waals surface area contributed by atoms with E-state index in [1.54, 1.807) is 12.1 Å². The van der Waals surface area contributed by atoms with Crippen molar-refractivity contribution < 1.29 is 13.2 Å². The molecule has 166 valence electrons. The molecule has 0 spiro atoms. The smallest absolute Gasteiger partial charge is 0.225 e. The molecule has 4 rings (SSSR count). The highest BCUT2D eigenvalue weighted by atomic mass is 32.2. The van der Waals surface area contributed by atoms with Crippen LogP contribution >= 0.6 is 0 Å². The van der Waals surface area contributed by atoms with E-state index in [0.29, 0.717) is 23.9 Å². The number of nitrogens with one attached hydrogen (secondary N) is 1. The zero-order valence-electron chi connectivity index (χ0n) is 17.9. The second-order valence-corrected chi connectivity index (χ2v) is 11.1. The predicted molar refractivity (Wildman–Crippen MR) is 118 cm³/mol. The Bertz CT molecular complexity index is 805. The molecule has 2 saturated heterocycles. The van der Waals surface area contributed by atoms with Crippen LogP contribution in [0.25, 0.3) is 0 Å². The summed E-state index contributed by atoms with van der Waals surface area (Å²) in [6, 6.07) is 7.61. The average molecular weight is 434 g/mol. The Kier molecular flexibility index (Phi) is 7.11. The number of sulfone groups is 1.